The lowest BCUT2D eigenvalue weighted by Gasteiger charge is -2.49. The molecule has 20 heavy (non-hydrogen) atoms. The highest BCUT2D eigenvalue weighted by atomic mass is 16.6. The van der Waals surface area contributed by atoms with Crippen molar-refractivity contribution in [3.05, 3.63) is 30.3 Å². The summed E-state index contributed by atoms with van der Waals surface area (Å²) in [4.78, 5) is 13.6. The van der Waals surface area contributed by atoms with Crippen molar-refractivity contribution in [1.82, 2.24) is 4.90 Å². The molecular weight excluding hydrogens is 254 g/mol. The number of para-hydroxylation sites is 1. The molecular formula is C16H23NO3. The van der Waals surface area contributed by atoms with E-state index in [1.807, 2.05) is 51.1 Å². The highest BCUT2D eigenvalue weighted by molar-refractivity contribution is 5.69. The summed E-state index contributed by atoms with van der Waals surface area (Å²) in [5.41, 5.74) is -0.736. The van der Waals surface area contributed by atoms with Crippen LogP contribution in [0.3, 0.4) is 0 Å². The van der Waals surface area contributed by atoms with E-state index in [4.69, 9.17) is 9.47 Å². The average molecular weight is 277 g/mol. The number of hydrogen-bond acceptors (Lipinski definition) is 3. The van der Waals surface area contributed by atoms with Gasteiger partial charge in [0.1, 0.15) is 17.0 Å². The first-order valence-corrected chi connectivity index (χ1v) is 7.06. The lowest BCUT2D eigenvalue weighted by Crippen LogP contribution is -2.66. The van der Waals surface area contributed by atoms with Crippen molar-refractivity contribution < 1.29 is 14.3 Å². The van der Waals surface area contributed by atoms with E-state index in [0.717, 1.165) is 12.2 Å². The van der Waals surface area contributed by atoms with E-state index in [-0.39, 0.29) is 11.7 Å². The number of carbonyl (C=O) groups is 1. The molecule has 2 rings (SSSR count). The van der Waals surface area contributed by atoms with Crippen molar-refractivity contribution in [2.24, 2.45) is 0 Å². The number of nitrogens with zero attached hydrogens (tertiary/aromatic N) is 1. The first kappa shape index (κ1) is 14.7. The number of benzene rings is 1. The number of hydrogen-bond donors (Lipinski definition) is 0. The van der Waals surface area contributed by atoms with Crippen molar-refractivity contribution >= 4 is 6.09 Å². The molecule has 1 aliphatic heterocycles. The summed E-state index contributed by atoms with van der Waals surface area (Å²) in [6.07, 6.45) is 0.597. The maximum atomic E-state index is 11.9. The van der Waals surface area contributed by atoms with Gasteiger partial charge in [0.25, 0.3) is 0 Å². The molecule has 1 aromatic carbocycles. The van der Waals surface area contributed by atoms with Gasteiger partial charge in [0.05, 0.1) is 13.1 Å². The van der Waals surface area contributed by atoms with Crippen molar-refractivity contribution in [1.29, 1.82) is 0 Å². The number of amides is 1. The van der Waals surface area contributed by atoms with E-state index in [1.54, 1.807) is 4.90 Å². The molecule has 0 aromatic heterocycles. The number of rotatable bonds is 3. The van der Waals surface area contributed by atoms with Gasteiger partial charge in [-0.2, -0.15) is 0 Å². The fourth-order valence-electron chi connectivity index (χ4n) is 2.20. The molecule has 1 aliphatic rings. The second kappa shape index (κ2) is 5.35. The Morgan fingerprint density at radius 1 is 1.25 bits per heavy atom. The second-order valence-electron chi connectivity index (χ2n) is 6.29. The first-order valence-electron chi connectivity index (χ1n) is 7.06. The van der Waals surface area contributed by atoms with Gasteiger partial charge in [-0.25, -0.2) is 4.79 Å². The summed E-state index contributed by atoms with van der Waals surface area (Å²) in [5, 5.41) is 0. The van der Waals surface area contributed by atoms with Gasteiger partial charge in [-0.15, -0.1) is 0 Å². The summed E-state index contributed by atoms with van der Waals surface area (Å²) in [6.45, 7) is 8.85. The van der Waals surface area contributed by atoms with Crippen molar-refractivity contribution in [2.45, 2.75) is 45.3 Å². The van der Waals surface area contributed by atoms with Gasteiger partial charge in [0, 0.05) is 0 Å². The van der Waals surface area contributed by atoms with Crippen LogP contribution in [0.4, 0.5) is 4.79 Å². The first-order chi connectivity index (χ1) is 9.34. The predicted octanol–water partition coefficient (Wildman–Crippen LogP) is 3.46. The van der Waals surface area contributed by atoms with Crippen LogP contribution in [0.5, 0.6) is 5.75 Å². The zero-order valence-electron chi connectivity index (χ0n) is 12.7. The minimum atomic E-state index is -0.457. The van der Waals surface area contributed by atoms with E-state index >= 15 is 0 Å². The van der Waals surface area contributed by atoms with Crippen LogP contribution >= 0.6 is 0 Å². The minimum Gasteiger partial charge on any atom is -0.484 e. The van der Waals surface area contributed by atoms with Crippen molar-refractivity contribution in [3.8, 4) is 5.75 Å². The molecule has 4 heteroatoms. The van der Waals surface area contributed by atoms with Gasteiger partial charge >= 0.3 is 6.09 Å². The van der Waals surface area contributed by atoms with Gasteiger partial charge in [0.2, 0.25) is 0 Å². The highest BCUT2D eigenvalue weighted by Crippen LogP contribution is 2.31. The minimum absolute atomic E-state index is 0.266. The lowest BCUT2D eigenvalue weighted by molar-refractivity contribution is -0.0833. The quantitative estimate of drug-likeness (QED) is 0.849. The monoisotopic (exact) mass is 277 g/mol. The van der Waals surface area contributed by atoms with Gasteiger partial charge in [-0.3, -0.25) is 0 Å². The van der Waals surface area contributed by atoms with E-state index in [2.05, 4.69) is 6.92 Å². The maximum absolute atomic E-state index is 11.9. The molecule has 0 unspecified atom stereocenters. The Morgan fingerprint density at radius 2 is 1.85 bits per heavy atom. The average Bonchev–Trinajstić information content (AvgIpc) is 2.32. The Morgan fingerprint density at radius 3 is 2.35 bits per heavy atom. The summed E-state index contributed by atoms with van der Waals surface area (Å²) in [5.74, 6) is 0.846. The van der Waals surface area contributed by atoms with Crippen molar-refractivity contribution in [3.63, 3.8) is 0 Å². The third-order valence-electron chi connectivity index (χ3n) is 3.33. The topological polar surface area (TPSA) is 38.8 Å². The summed E-state index contributed by atoms with van der Waals surface area (Å²) >= 11 is 0. The predicted molar refractivity (Wildman–Crippen MR) is 77.9 cm³/mol. The number of likely N-dealkylation sites (tertiary alicyclic amines) is 1. The molecule has 0 atom stereocenters. The third-order valence-corrected chi connectivity index (χ3v) is 3.33. The molecule has 1 fully saturated rings. The van der Waals surface area contributed by atoms with E-state index in [1.165, 1.54) is 0 Å². The Balaban J connectivity index is 1.93. The molecule has 0 saturated carbocycles. The zero-order valence-corrected chi connectivity index (χ0v) is 12.7. The maximum Gasteiger partial charge on any atom is 0.410 e. The standard InChI is InChI=1S/C16H23NO3/c1-5-16(19-13-9-7-6-8-10-13)11-17(12-16)14(18)20-15(2,3)4/h6-10H,5,11-12H2,1-4H3. The second-order valence-corrected chi connectivity index (χ2v) is 6.29. The van der Waals surface area contributed by atoms with Crippen LogP contribution in [0, 0.1) is 0 Å². The van der Waals surface area contributed by atoms with Crippen molar-refractivity contribution in [2.75, 3.05) is 13.1 Å². The molecule has 1 amide bonds. The van der Waals surface area contributed by atoms with Crippen LogP contribution in [-0.4, -0.2) is 35.3 Å². The molecule has 1 saturated heterocycles. The van der Waals surface area contributed by atoms with Crippen LogP contribution in [-0.2, 0) is 4.74 Å². The van der Waals surface area contributed by atoms with Gasteiger partial charge in [0.15, 0.2) is 0 Å². The fourth-order valence-corrected chi connectivity index (χ4v) is 2.20. The largest absolute Gasteiger partial charge is 0.484 e. The van der Waals surface area contributed by atoms with Gasteiger partial charge in [-0.1, -0.05) is 25.1 Å². The fraction of sp³-hybridized carbons (Fsp3) is 0.562. The number of ether oxygens (including phenoxy) is 2. The molecule has 1 heterocycles. The third kappa shape index (κ3) is 3.44. The molecule has 110 valence electrons. The Kier molecular flexibility index (Phi) is 3.93. The van der Waals surface area contributed by atoms with Crippen LogP contribution < -0.4 is 4.74 Å². The van der Waals surface area contributed by atoms with Gasteiger partial charge < -0.3 is 14.4 Å². The smallest absolute Gasteiger partial charge is 0.410 e. The summed E-state index contributed by atoms with van der Waals surface area (Å²) in [7, 11) is 0. The van der Waals surface area contributed by atoms with Crippen LogP contribution in [0.2, 0.25) is 0 Å². The van der Waals surface area contributed by atoms with E-state index in [9.17, 15) is 4.79 Å². The molecule has 1 aromatic rings. The highest BCUT2D eigenvalue weighted by Gasteiger charge is 2.47. The van der Waals surface area contributed by atoms with Crippen LogP contribution in [0.15, 0.2) is 30.3 Å². The Hall–Kier alpha value is -1.71. The molecule has 0 bridgehead atoms. The number of carbonyl (C=O) groups excluding carboxylic acids is 1. The molecule has 0 N–H and O–H groups in total. The summed E-state index contributed by atoms with van der Waals surface area (Å²) in [6, 6.07) is 9.73. The zero-order chi connectivity index (χ0) is 14.8. The molecule has 0 spiro atoms. The van der Waals surface area contributed by atoms with E-state index < -0.39 is 5.60 Å². The van der Waals surface area contributed by atoms with Gasteiger partial charge in [-0.05, 0) is 39.3 Å². The summed E-state index contributed by atoms with van der Waals surface area (Å²) < 4.78 is 11.4. The lowest BCUT2D eigenvalue weighted by atomic mass is 9.91. The van der Waals surface area contributed by atoms with Crippen LogP contribution in [0.25, 0.3) is 0 Å². The molecule has 0 aliphatic carbocycles. The van der Waals surface area contributed by atoms with Crippen LogP contribution in [0.1, 0.15) is 34.1 Å². The Labute approximate surface area is 120 Å². The molecule has 4 nitrogen and oxygen atoms in total. The normalized spacial score (nSPS) is 17.3. The van der Waals surface area contributed by atoms with E-state index in [0.29, 0.717) is 13.1 Å². The Bertz CT molecular complexity index is 458. The molecule has 0 radical (unpaired) electrons. The SMILES string of the molecule is CCC1(Oc2ccccc2)CN(C(=O)OC(C)(C)C)C1.